The summed E-state index contributed by atoms with van der Waals surface area (Å²) < 4.78 is 26.2. The van der Waals surface area contributed by atoms with E-state index < -0.39 is 10.0 Å². The number of nitrogens with one attached hydrogen (secondary N) is 2. The third-order valence-electron chi connectivity index (χ3n) is 5.57. The highest BCUT2D eigenvalue weighted by molar-refractivity contribution is 7.89. The third-order valence-corrected chi connectivity index (χ3v) is 7.64. The number of hydrogen-bond acceptors (Lipinski definition) is 5. The first-order chi connectivity index (χ1) is 14.8. The zero-order valence-corrected chi connectivity index (χ0v) is 19.7. The van der Waals surface area contributed by atoms with Gasteiger partial charge in [0.15, 0.2) is 5.96 Å². The van der Waals surface area contributed by atoms with E-state index >= 15 is 0 Å². The van der Waals surface area contributed by atoms with Crippen LogP contribution in [0.1, 0.15) is 31.7 Å². The smallest absolute Gasteiger partial charge is 0.214 e. The summed E-state index contributed by atoms with van der Waals surface area (Å²) >= 11 is 0. The molecule has 1 saturated heterocycles. The maximum atomic E-state index is 12.3. The van der Waals surface area contributed by atoms with Crippen molar-refractivity contribution in [3.63, 3.8) is 0 Å². The van der Waals surface area contributed by atoms with Gasteiger partial charge >= 0.3 is 0 Å². The van der Waals surface area contributed by atoms with Gasteiger partial charge in [0.2, 0.25) is 10.0 Å². The Hall–Kier alpha value is -2.39. The normalized spacial score (nSPS) is 16.5. The first-order valence-electron chi connectivity index (χ1n) is 10.8. The Morgan fingerprint density at radius 2 is 1.97 bits per heavy atom. The molecule has 0 amide bonds. The quantitative estimate of drug-likeness (QED) is 0.500. The van der Waals surface area contributed by atoms with Crippen LogP contribution in [0.15, 0.2) is 35.3 Å². The summed E-state index contributed by atoms with van der Waals surface area (Å²) in [5, 5.41) is 7.99. The van der Waals surface area contributed by atoms with Gasteiger partial charge in [0.25, 0.3) is 0 Å². The minimum atomic E-state index is -3.12. The number of para-hydroxylation sites is 1. The summed E-state index contributed by atoms with van der Waals surface area (Å²) in [6, 6.07) is 10.4. The maximum absolute atomic E-state index is 12.3. The highest BCUT2D eigenvalue weighted by Crippen LogP contribution is 2.22. The van der Waals surface area contributed by atoms with Crippen LogP contribution >= 0.6 is 0 Å². The molecule has 0 atom stereocenters. The van der Waals surface area contributed by atoms with Gasteiger partial charge in [-0.25, -0.2) is 17.7 Å². The van der Waals surface area contributed by atoms with Gasteiger partial charge in [0.1, 0.15) is 5.82 Å². The van der Waals surface area contributed by atoms with E-state index in [1.165, 1.54) is 0 Å². The third kappa shape index (κ3) is 5.86. The standard InChI is InChI=1S/C22H34N6O2S/c1-5-14-31(29,30)28-12-10-18(11-13-28)25-22(23-2)24-16-17-15-21(27(3)4)26-20-9-7-6-8-19(17)20/h6-9,15,18H,5,10-14,16H2,1-4H3,(H2,23,24,25). The van der Waals surface area contributed by atoms with Crippen molar-refractivity contribution >= 4 is 32.7 Å². The molecule has 0 spiro atoms. The molecule has 170 valence electrons. The van der Waals surface area contributed by atoms with E-state index in [-0.39, 0.29) is 11.8 Å². The molecular formula is C22H34N6O2S. The lowest BCUT2D eigenvalue weighted by atomic mass is 10.1. The summed E-state index contributed by atoms with van der Waals surface area (Å²) in [5.41, 5.74) is 2.12. The molecule has 1 aliphatic rings. The zero-order chi connectivity index (χ0) is 22.4. The van der Waals surface area contributed by atoms with Crippen molar-refractivity contribution in [2.24, 2.45) is 4.99 Å². The van der Waals surface area contributed by atoms with Gasteiger partial charge in [0, 0.05) is 52.2 Å². The van der Waals surface area contributed by atoms with Crippen LogP contribution in [0.4, 0.5) is 5.82 Å². The lowest BCUT2D eigenvalue weighted by molar-refractivity contribution is 0.306. The topological polar surface area (TPSA) is 89.9 Å². The predicted octanol–water partition coefficient (Wildman–Crippen LogP) is 2.17. The Labute approximate surface area is 185 Å². The van der Waals surface area contributed by atoms with Gasteiger partial charge in [-0.05, 0) is 37.0 Å². The Morgan fingerprint density at radius 1 is 1.26 bits per heavy atom. The average Bonchev–Trinajstić information content (AvgIpc) is 2.76. The molecule has 0 bridgehead atoms. The van der Waals surface area contributed by atoms with E-state index in [4.69, 9.17) is 4.98 Å². The molecule has 0 radical (unpaired) electrons. The molecule has 2 aromatic rings. The number of aliphatic imine (C=N–C) groups is 1. The summed E-state index contributed by atoms with van der Waals surface area (Å²) in [5.74, 6) is 1.87. The van der Waals surface area contributed by atoms with Gasteiger partial charge in [-0.1, -0.05) is 25.1 Å². The fourth-order valence-corrected chi connectivity index (χ4v) is 5.38. The van der Waals surface area contributed by atoms with E-state index in [1.54, 1.807) is 11.4 Å². The summed E-state index contributed by atoms with van der Waals surface area (Å²) in [6.07, 6.45) is 2.19. The van der Waals surface area contributed by atoms with Crippen LogP contribution in [0, 0.1) is 0 Å². The van der Waals surface area contributed by atoms with Crippen molar-refractivity contribution in [3.8, 4) is 0 Å². The first-order valence-corrected chi connectivity index (χ1v) is 12.5. The second kappa shape index (κ2) is 10.3. The second-order valence-corrected chi connectivity index (χ2v) is 10.2. The molecule has 1 aromatic heterocycles. The van der Waals surface area contributed by atoms with Crippen molar-refractivity contribution in [3.05, 3.63) is 35.9 Å². The lowest BCUT2D eigenvalue weighted by Gasteiger charge is -2.32. The summed E-state index contributed by atoms with van der Waals surface area (Å²) in [6.45, 7) is 3.62. The Bertz CT molecular complexity index is 1010. The number of piperidine rings is 1. The van der Waals surface area contributed by atoms with Crippen molar-refractivity contribution in [2.45, 2.75) is 38.8 Å². The molecule has 9 heteroatoms. The van der Waals surface area contributed by atoms with E-state index in [0.717, 1.165) is 41.1 Å². The monoisotopic (exact) mass is 446 g/mol. The molecule has 3 rings (SSSR count). The van der Waals surface area contributed by atoms with E-state index in [0.29, 0.717) is 26.1 Å². The number of sulfonamides is 1. The predicted molar refractivity (Wildman–Crippen MR) is 128 cm³/mol. The van der Waals surface area contributed by atoms with Crippen LogP contribution in [0.3, 0.4) is 0 Å². The second-order valence-electron chi connectivity index (χ2n) is 8.11. The highest BCUT2D eigenvalue weighted by Gasteiger charge is 2.27. The number of aromatic nitrogens is 1. The molecule has 2 heterocycles. The molecular weight excluding hydrogens is 412 g/mol. The van der Waals surface area contributed by atoms with Crippen LogP contribution < -0.4 is 15.5 Å². The van der Waals surface area contributed by atoms with Crippen molar-refractivity contribution in [1.82, 2.24) is 19.9 Å². The van der Waals surface area contributed by atoms with Gasteiger partial charge in [-0.3, -0.25) is 4.99 Å². The SMILES string of the molecule is CCCS(=O)(=O)N1CCC(NC(=NC)NCc2cc(N(C)C)nc3ccccc23)CC1. The minimum absolute atomic E-state index is 0.200. The Balaban J connectivity index is 1.62. The molecule has 0 aliphatic carbocycles. The molecule has 0 unspecified atom stereocenters. The number of anilines is 1. The van der Waals surface area contributed by atoms with Crippen molar-refractivity contribution < 1.29 is 8.42 Å². The van der Waals surface area contributed by atoms with E-state index in [9.17, 15) is 8.42 Å². The molecule has 1 fully saturated rings. The van der Waals surface area contributed by atoms with Crippen LogP contribution in [-0.2, 0) is 16.6 Å². The van der Waals surface area contributed by atoms with Crippen LogP contribution in [0.2, 0.25) is 0 Å². The number of pyridine rings is 1. The lowest BCUT2D eigenvalue weighted by Crippen LogP contribution is -2.49. The Kier molecular flexibility index (Phi) is 7.72. The molecule has 0 saturated carbocycles. The number of rotatable bonds is 7. The number of fused-ring (bicyclic) bond motifs is 1. The van der Waals surface area contributed by atoms with E-state index in [1.807, 2.05) is 44.1 Å². The number of guanidine groups is 1. The molecule has 1 aliphatic heterocycles. The van der Waals surface area contributed by atoms with E-state index in [2.05, 4.69) is 27.8 Å². The molecule has 31 heavy (non-hydrogen) atoms. The molecule has 2 N–H and O–H groups in total. The van der Waals surface area contributed by atoms with Gasteiger partial charge in [0.05, 0.1) is 11.3 Å². The summed E-state index contributed by atoms with van der Waals surface area (Å²) in [7, 11) is 2.61. The Morgan fingerprint density at radius 3 is 2.61 bits per heavy atom. The largest absolute Gasteiger partial charge is 0.363 e. The van der Waals surface area contributed by atoms with Crippen LogP contribution in [0.25, 0.3) is 10.9 Å². The van der Waals surface area contributed by atoms with Crippen molar-refractivity contribution in [1.29, 1.82) is 0 Å². The molecule has 1 aromatic carbocycles. The minimum Gasteiger partial charge on any atom is -0.363 e. The number of nitrogens with zero attached hydrogens (tertiary/aromatic N) is 4. The van der Waals surface area contributed by atoms with Gasteiger partial charge in [-0.15, -0.1) is 0 Å². The van der Waals surface area contributed by atoms with Crippen LogP contribution in [-0.4, -0.2) is 69.7 Å². The fourth-order valence-electron chi connectivity index (χ4n) is 3.84. The number of hydrogen-bond donors (Lipinski definition) is 2. The zero-order valence-electron chi connectivity index (χ0n) is 18.9. The molecule has 8 nitrogen and oxygen atoms in total. The average molecular weight is 447 g/mol. The number of benzene rings is 1. The van der Waals surface area contributed by atoms with Crippen LogP contribution in [0.5, 0.6) is 0 Å². The highest BCUT2D eigenvalue weighted by atomic mass is 32.2. The van der Waals surface area contributed by atoms with Crippen molar-refractivity contribution in [2.75, 3.05) is 44.9 Å². The summed E-state index contributed by atoms with van der Waals surface area (Å²) in [4.78, 5) is 11.1. The van der Waals surface area contributed by atoms with Gasteiger partial charge < -0.3 is 15.5 Å². The maximum Gasteiger partial charge on any atom is 0.214 e. The first kappa shape index (κ1) is 23.3. The van der Waals surface area contributed by atoms with Gasteiger partial charge in [-0.2, -0.15) is 0 Å². The fraction of sp³-hybridized carbons (Fsp3) is 0.545.